The third kappa shape index (κ3) is 5.52. The van der Waals surface area contributed by atoms with Crippen molar-refractivity contribution >= 4 is 41.6 Å². The Labute approximate surface area is 185 Å². The van der Waals surface area contributed by atoms with E-state index in [1.165, 1.54) is 5.69 Å². The second-order valence-electron chi connectivity index (χ2n) is 7.17. The van der Waals surface area contributed by atoms with E-state index >= 15 is 0 Å². The Morgan fingerprint density at radius 2 is 1.89 bits per heavy atom. The molecule has 0 atom stereocenters. The molecule has 1 aliphatic rings. The highest BCUT2D eigenvalue weighted by atomic mass is 127. The molecule has 1 aromatic carbocycles. The third-order valence-corrected chi connectivity index (χ3v) is 5.08. The molecule has 1 saturated heterocycles. The fourth-order valence-electron chi connectivity index (χ4n) is 3.50. The van der Waals surface area contributed by atoms with Gasteiger partial charge in [0.1, 0.15) is 0 Å². The maximum Gasteiger partial charge on any atom is 0.204 e. The van der Waals surface area contributed by atoms with Crippen LogP contribution < -0.4 is 20.4 Å². The van der Waals surface area contributed by atoms with Crippen LogP contribution in [0.25, 0.3) is 0 Å². The lowest BCUT2D eigenvalue weighted by atomic mass is 10.0. The molecule has 0 amide bonds. The molecule has 2 aromatic rings. The molecule has 1 aromatic heterocycles. The number of guanidine groups is 1. The maximum atomic E-state index is 4.45. The lowest BCUT2D eigenvalue weighted by molar-refractivity contribution is 0.461. The van der Waals surface area contributed by atoms with Crippen LogP contribution in [-0.2, 0) is 13.6 Å². The average Bonchev–Trinajstić information content (AvgIpc) is 3.07. The summed E-state index contributed by atoms with van der Waals surface area (Å²) in [6.45, 7) is 2.82. The monoisotopic (exact) mass is 497 g/mol. The Balaban J connectivity index is 0.00000280. The molecule has 28 heavy (non-hydrogen) atoms. The first kappa shape index (κ1) is 22.3. The number of anilines is 2. The zero-order chi connectivity index (χ0) is 19.2. The number of benzene rings is 1. The summed E-state index contributed by atoms with van der Waals surface area (Å²) >= 11 is 0. The molecule has 1 aliphatic heterocycles. The van der Waals surface area contributed by atoms with Crippen molar-refractivity contribution in [3.05, 3.63) is 42.2 Å². The maximum absolute atomic E-state index is 4.45. The van der Waals surface area contributed by atoms with E-state index in [-0.39, 0.29) is 24.0 Å². The highest BCUT2D eigenvalue weighted by Crippen LogP contribution is 2.19. The van der Waals surface area contributed by atoms with Gasteiger partial charge in [0.05, 0.1) is 18.4 Å². The number of imidazole rings is 1. The van der Waals surface area contributed by atoms with E-state index in [4.69, 9.17) is 0 Å². The van der Waals surface area contributed by atoms with Crippen LogP contribution in [0.15, 0.2) is 41.5 Å². The lowest BCUT2D eigenvalue weighted by Gasteiger charge is -2.34. The van der Waals surface area contributed by atoms with Gasteiger partial charge in [-0.3, -0.25) is 4.99 Å². The van der Waals surface area contributed by atoms with Crippen LogP contribution in [-0.4, -0.2) is 55.8 Å². The predicted octanol–water partition coefficient (Wildman–Crippen LogP) is 2.44. The van der Waals surface area contributed by atoms with Gasteiger partial charge in [-0.25, -0.2) is 4.98 Å². The second kappa shape index (κ2) is 10.5. The second-order valence-corrected chi connectivity index (χ2v) is 7.17. The van der Waals surface area contributed by atoms with Crippen molar-refractivity contribution < 1.29 is 0 Å². The van der Waals surface area contributed by atoms with Crippen LogP contribution in [0.2, 0.25) is 0 Å². The fourth-order valence-corrected chi connectivity index (χ4v) is 3.50. The summed E-state index contributed by atoms with van der Waals surface area (Å²) in [5.74, 6) is 1.80. The Morgan fingerprint density at radius 1 is 1.21 bits per heavy atom. The largest absolute Gasteiger partial charge is 0.371 e. The first-order chi connectivity index (χ1) is 13.1. The summed E-state index contributed by atoms with van der Waals surface area (Å²) in [6, 6.07) is 11.1. The van der Waals surface area contributed by atoms with Crippen molar-refractivity contribution in [2.24, 2.45) is 12.0 Å². The Hall–Kier alpha value is -1.97. The minimum absolute atomic E-state index is 0. The van der Waals surface area contributed by atoms with Gasteiger partial charge in [-0.2, -0.15) is 0 Å². The lowest BCUT2D eigenvalue weighted by Crippen LogP contribution is -2.48. The molecule has 0 unspecified atom stereocenters. The Bertz CT molecular complexity index is 749. The van der Waals surface area contributed by atoms with Crippen LogP contribution in [0.3, 0.4) is 0 Å². The molecule has 0 saturated carbocycles. The number of hydrogen-bond donors (Lipinski definition) is 2. The van der Waals surface area contributed by atoms with Gasteiger partial charge in [-0.15, -0.1) is 24.0 Å². The summed E-state index contributed by atoms with van der Waals surface area (Å²) in [6.07, 6.45) is 4.12. The molecule has 2 N–H and O–H groups in total. The van der Waals surface area contributed by atoms with Crippen molar-refractivity contribution in [2.45, 2.75) is 25.4 Å². The summed E-state index contributed by atoms with van der Waals surface area (Å²) in [7, 11) is 7.86. The molecule has 8 heteroatoms. The molecular weight excluding hydrogens is 465 g/mol. The summed E-state index contributed by atoms with van der Waals surface area (Å²) in [5, 5.41) is 6.98. The molecule has 0 bridgehead atoms. The molecule has 154 valence electrons. The van der Waals surface area contributed by atoms with E-state index in [0.717, 1.165) is 43.5 Å². The minimum atomic E-state index is 0. The van der Waals surface area contributed by atoms with Gasteiger partial charge in [-0.1, -0.05) is 18.2 Å². The highest BCUT2D eigenvalue weighted by molar-refractivity contribution is 14.0. The Morgan fingerprint density at radius 3 is 2.46 bits per heavy atom. The number of nitrogens with zero attached hydrogens (tertiary/aromatic N) is 5. The molecule has 0 spiro atoms. The van der Waals surface area contributed by atoms with Crippen molar-refractivity contribution in [2.75, 3.05) is 44.0 Å². The van der Waals surface area contributed by atoms with Crippen molar-refractivity contribution in [1.82, 2.24) is 20.2 Å². The molecule has 3 rings (SSSR count). The summed E-state index contributed by atoms with van der Waals surface area (Å²) in [5.41, 5.74) is 2.44. The average molecular weight is 497 g/mol. The van der Waals surface area contributed by atoms with Crippen LogP contribution in [0, 0.1) is 0 Å². The smallest absolute Gasteiger partial charge is 0.204 e. The first-order valence-electron chi connectivity index (χ1n) is 9.53. The number of aliphatic imine (C=N–C) groups is 1. The number of rotatable bonds is 5. The molecular formula is C20H32IN7. The summed E-state index contributed by atoms with van der Waals surface area (Å²) < 4.78 is 2.10. The predicted molar refractivity (Wildman–Crippen MR) is 128 cm³/mol. The van der Waals surface area contributed by atoms with Gasteiger partial charge >= 0.3 is 0 Å². The van der Waals surface area contributed by atoms with Crippen LogP contribution in [0.4, 0.5) is 11.6 Å². The minimum Gasteiger partial charge on any atom is -0.371 e. The van der Waals surface area contributed by atoms with E-state index in [1.54, 1.807) is 0 Å². The van der Waals surface area contributed by atoms with Gasteiger partial charge in [-0.05, 0) is 25.0 Å². The first-order valence-corrected chi connectivity index (χ1v) is 9.53. The molecule has 1 fully saturated rings. The SMILES string of the molecule is CN=C(NCc1cnc(N(C)C)n1C)NC1CCN(c2ccccc2)CC1.I. The van der Waals surface area contributed by atoms with Crippen molar-refractivity contribution in [3.8, 4) is 0 Å². The zero-order valence-electron chi connectivity index (χ0n) is 17.2. The molecule has 0 radical (unpaired) electrons. The third-order valence-electron chi connectivity index (χ3n) is 5.08. The number of hydrogen-bond acceptors (Lipinski definition) is 4. The van der Waals surface area contributed by atoms with Crippen molar-refractivity contribution in [3.63, 3.8) is 0 Å². The number of halogens is 1. The quantitative estimate of drug-likeness (QED) is 0.378. The van der Waals surface area contributed by atoms with E-state index in [2.05, 4.69) is 60.4 Å². The number of para-hydroxylation sites is 1. The molecule has 7 nitrogen and oxygen atoms in total. The van der Waals surface area contributed by atoms with Crippen LogP contribution >= 0.6 is 24.0 Å². The van der Waals surface area contributed by atoms with Crippen LogP contribution in [0.1, 0.15) is 18.5 Å². The van der Waals surface area contributed by atoms with Gasteiger partial charge in [0.25, 0.3) is 0 Å². The van der Waals surface area contributed by atoms with Gasteiger partial charge < -0.3 is 25.0 Å². The molecule has 0 aliphatic carbocycles. The Kier molecular flexibility index (Phi) is 8.40. The van der Waals surface area contributed by atoms with Gasteiger partial charge in [0.2, 0.25) is 5.95 Å². The van der Waals surface area contributed by atoms with E-state index in [9.17, 15) is 0 Å². The van der Waals surface area contributed by atoms with Crippen molar-refractivity contribution in [1.29, 1.82) is 0 Å². The normalized spacial score (nSPS) is 15.1. The van der Waals surface area contributed by atoms with Crippen LogP contribution in [0.5, 0.6) is 0 Å². The standard InChI is InChI=1S/C20H31N7.HI/c1-21-19(22-14-18-15-23-20(25(2)3)26(18)4)24-16-10-12-27(13-11-16)17-8-6-5-7-9-17;/h5-9,15-16H,10-14H2,1-4H3,(H2,21,22,24);1H. The fraction of sp³-hybridized carbons (Fsp3) is 0.500. The van der Waals surface area contributed by atoms with E-state index in [0.29, 0.717) is 12.6 Å². The topological polar surface area (TPSA) is 60.7 Å². The molecule has 2 heterocycles. The number of piperidine rings is 1. The van der Waals surface area contributed by atoms with Gasteiger partial charge in [0, 0.05) is 53.0 Å². The zero-order valence-corrected chi connectivity index (χ0v) is 19.6. The van der Waals surface area contributed by atoms with E-state index < -0.39 is 0 Å². The summed E-state index contributed by atoms with van der Waals surface area (Å²) in [4.78, 5) is 13.3. The van der Waals surface area contributed by atoms with E-state index in [1.807, 2.05) is 39.3 Å². The number of aromatic nitrogens is 2. The number of nitrogens with one attached hydrogen (secondary N) is 2. The van der Waals surface area contributed by atoms with Gasteiger partial charge in [0.15, 0.2) is 5.96 Å². The highest BCUT2D eigenvalue weighted by Gasteiger charge is 2.20.